The van der Waals surface area contributed by atoms with Crippen molar-refractivity contribution < 1.29 is 25.4 Å². The maximum Gasteiger partial charge on any atom is 0.258 e. The second-order valence-corrected chi connectivity index (χ2v) is 20.5. The molecular weight excluding hydrogens is 955 g/mol. The summed E-state index contributed by atoms with van der Waals surface area (Å²) in [7, 11) is 0. The first-order valence-electron chi connectivity index (χ1n) is 22.6. The summed E-state index contributed by atoms with van der Waals surface area (Å²) < 4.78 is 0.583. The van der Waals surface area contributed by atoms with Crippen LogP contribution in [-0.4, -0.2) is 47.4 Å². The number of nitrogens with two attached hydrogens (primary N) is 1. The highest BCUT2D eigenvalue weighted by atomic mass is 79.9. The van der Waals surface area contributed by atoms with E-state index < -0.39 is 0 Å². The molecule has 4 aliphatic rings. The van der Waals surface area contributed by atoms with Gasteiger partial charge in [0.2, 0.25) is 0 Å². The van der Waals surface area contributed by atoms with Gasteiger partial charge in [-0.25, -0.2) is 4.98 Å². The van der Waals surface area contributed by atoms with Crippen LogP contribution in [0.5, 0.6) is 0 Å². The monoisotopic (exact) mass is 1010 g/mol. The predicted molar refractivity (Wildman–Crippen MR) is 280 cm³/mol. The van der Waals surface area contributed by atoms with Gasteiger partial charge in [0.15, 0.2) is 11.6 Å². The fraction of sp³-hybridized carbons (Fsp3) is 0.236. The van der Waals surface area contributed by atoms with Crippen molar-refractivity contribution in [1.82, 2.24) is 4.98 Å². The molecule has 3 amide bonds. The lowest BCUT2D eigenvalue weighted by molar-refractivity contribution is 0.0971. The van der Waals surface area contributed by atoms with E-state index in [4.69, 9.17) is 5.73 Å². The molecule has 13 heteroatoms. The number of nitrogen functional groups attached to an aromatic ring is 1. The Morgan fingerprint density at radius 3 is 1.57 bits per heavy atom. The lowest BCUT2D eigenvalue weighted by Gasteiger charge is -2.23. The Balaban J connectivity index is 0.000000187. The highest BCUT2D eigenvalue weighted by Crippen LogP contribution is 2.45. The molecule has 3 aromatic heterocycles. The van der Waals surface area contributed by atoms with Gasteiger partial charge >= 0.3 is 0 Å². The normalized spacial score (nSPS) is 14.5. The van der Waals surface area contributed by atoms with Crippen molar-refractivity contribution in [3.8, 4) is 20.9 Å². The van der Waals surface area contributed by atoms with Crippen molar-refractivity contribution in [1.29, 1.82) is 0 Å². The summed E-state index contributed by atoms with van der Waals surface area (Å²) in [6, 6.07) is 37.3. The zero-order chi connectivity index (χ0) is 46.2. The molecule has 346 valence electrons. The van der Waals surface area contributed by atoms with Gasteiger partial charge < -0.3 is 20.9 Å². The van der Waals surface area contributed by atoms with Crippen LogP contribution in [0, 0.1) is 11.8 Å². The number of pyridine rings is 1. The number of nitrogens with zero attached hydrogens (tertiary/aromatic N) is 3. The van der Waals surface area contributed by atoms with Crippen LogP contribution in [0.15, 0.2) is 132 Å². The summed E-state index contributed by atoms with van der Waals surface area (Å²) in [5.41, 5.74) is 14.7. The van der Waals surface area contributed by atoms with E-state index in [9.17, 15) is 24.0 Å². The van der Waals surface area contributed by atoms with Gasteiger partial charge in [-0.15, -0.1) is 22.7 Å². The maximum absolute atomic E-state index is 13.7. The van der Waals surface area contributed by atoms with Crippen molar-refractivity contribution in [3.05, 3.63) is 170 Å². The largest absolute Gasteiger partial charge is 0.399 e. The van der Waals surface area contributed by atoms with Crippen LogP contribution in [-0.2, 0) is 12.8 Å². The van der Waals surface area contributed by atoms with E-state index in [1.54, 1.807) is 89.5 Å². The summed E-state index contributed by atoms with van der Waals surface area (Å²) in [6.45, 7) is 1.10. The van der Waals surface area contributed by atoms with Crippen molar-refractivity contribution in [2.24, 2.45) is 11.8 Å². The van der Waals surface area contributed by atoms with Crippen molar-refractivity contribution in [3.63, 3.8) is 0 Å². The molecule has 7 aromatic rings. The number of nitrogens with one attached hydrogen (secondary N) is 1. The van der Waals surface area contributed by atoms with Crippen molar-refractivity contribution in [2.75, 3.05) is 33.9 Å². The smallest absolute Gasteiger partial charge is 0.258 e. The molecule has 11 rings (SSSR count). The molecule has 0 radical (unpaired) electrons. The number of carbonyl (C=O) groups is 5. The molecule has 2 aliphatic heterocycles. The fourth-order valence-electron chi connectivity index (χ4n) is 8.64. The van der Waals surface area contributed by atoms with E-state index in [-0.39, 0.29) is 38.1 Å². The number of anilines is 4. The fourth-order valence-corrected chi connectivity index (χ4v) is 11.4. The first-order chi connectivity index (χ1) is 32.6. The molecular formula is C55H52BrN5O5S2. The first-order valence-corrected chi connectivity index (χ1v) is 25.0. The van der Waals surface area contributed by atoms with Gasteiger partial charge in [-0.1, -0.05) is 43.8 Å². The summed E-state index contributed by atoms with van der Waals surface area (Å²) in [6.07, 6.45) is 8.97. The average Bonchev–Trinajstić information content (AvgIpc) is 4.28. The number of Topliss-reactive ketones (excluding diaryl/α,β-unsaturated/α-hetero) is 2. The molecule has 0 spiro atoms. The van der Waals surface area contributed by atoms with Crippen LogP contribution >= 0.6 is 38.6 Å². The summed E-state index contributed by atoms with van der Waals surface area (Å²) in [5, 5.41) is 2.86. The van der Waals surface area contributed by atoms with Gasteiger partial charge in [0, 0.05) is 82.5 Å². The van der Waals surface area contributed by atoms with Gasteiger partial charge in [0.1, 0.15) is 4.60 Å². The first kappa shape index (κ1) is 46.6. The van der Waals surface area contributed by atoms with Crippen molar-refractivity contribution >= 4 is 90.6 Å². The molecule has 2 fully saturated rings. The topological polar surface area (TPSA) is 143 Å². The Kier molecular flexibility index (Phi) is 13.7. The van der Waals surface area contributed by atoms with Crippen LogP contribution in [0.2, 0.25) is 0 Å². The molecule has 0 atom stereocenters. The number of para-hydroxylation sites is 2. The number of amides is 3. The van der Waals surface area contributed by atoms with E-state index in [0.717, 1.165) is 72.4 Å². The van der Waals surface area contributed by atoms with Gasteiger partial charge in [-0.3, -0.25) is 24.0 Å². The Hall–Kier alpha value is -6.54. The Morgan fingerprint density at radius 1 is 0.632 bits per heavy atom. The standard InChI is InChI=1S/C30H24BrN3O3S.C24H22N2O2S.CH4.H2/c31-27-17-21(11-13-32-27)29(36)33-22-9-7-19(8-10-22)30(37)34-14-12-20-16-26(25(35)15-18-5-6-18)38-28(20)23-3-1-2-4-24(23)34;25-18-9-7-16(8-10-18)24(28)26-12-11-17-14-22(21(27)13-15-5-6-15)29-23(17)19-3-1-2-4-20(19)26;;/h1-4,7-11,13,16-18H,5-6,12,14-15H2,(H,33,36);1-4,7-10,14-15H,5-6,11-13,25H2;1H4;1H. The molecule has 0 saturated heterocycles. The third-order valence-corrected chi connectivity index (χ3v) is 15.6. The number of ketones is 2. The van der Waals surface area contributed by atoms with E-state index in [2.05, 4.69) is 32.3 Å². The van der Waals surface area contributed by atoms with Crippen molar-refractivity contribution in [2.45, 2.75) is 58.8 Å². The SMILES string of the molecule is C.Nc1ccc(C(=O)N2CCc3cc(C(=O)CC4CC4)sc3-c3ccccc32)cc1.O=C(Nc1ccc(C(=O)N2CCc3cc(C(=O)CC4CC4)sc3-c3ccccc32)cc1)c1ccnc(Br)c1.[HH]. The zero-order valence-electron chi connectivity index (χ0n) is 36.5. The third kappa shape index (κ3) is 10.2. The average molecular weight is 1010 g/mol. The molecule has 2 saturated carbocycles. The minimum absolute atomic E-state index is 0. The lowest BCUT2D eigenvalue weighted by Crippen LogP contribution is -2.32. The second-order valence-electron chi connectivity index (χ2n) is 17.5. The second kappa shape index (κ2) is 20.0. The summed E-state index contributed by atoms with van der Waals surface area (Å²) >= 11 is 6.40. The number of fused-ring (bicyclic) bond motifs is 6. The van der Waals surface area contributed by atoms with Gasteiger partial charge in [-0.2, -0.15) is 0 Å². The maximum atomic E-state index is 13.7. The predicted octanol–water partition coefficient (Wildman–Crippen LogP) is 13.1. The van der Waals surface area contributed by atoms with Crippen LogP contribution in [0.3, 0.4) is 0 Å². The number of hydrogen-bond donors (Lipinski definition) is 2. The molecule has 68 heavy (non-hydrogen) atoms. The summed E-state index contributed by atoms with van der Waals surface area (Å²) in [5.74, 6) is 1.26. The van der Waals surface area contributed by atoms with E-state index >= 15 is 0 Å². The van der Waals surface area contributed by atoms with Crippen LogP contribution < -0.4 is 20.9 Å². The minimum Gasteiger partial charge on any atom is -0.399 e. The van der Waals surface area contributed by atoms with Crippen LogP contribution in [0.25, 0.3) is 20.9 Å². The minimum atomic E-state index is -0.255. The number of aromatic nitrogens is 1. The van der Waals surface area contributed by atoms with Crippen LogP contribution in [0.1, 0.15) is 109 Å². The quantitative estimate of drug-likeness (QED) is 0.0789. The molecule has 0 bridgehead atoms. The highest BCUT2D eigenvalue weighted by Gasteiger charge is 2.32. The number of rotatable bonds is 10. The number of hydrogen-bond acceptors (Lipinski definition) is 9. The Labute approximate surface area is 413 Å². The number of halogens is 1. The highest BCUT2D eigenvalue weighted by molar-refractivity contribution is 9.10. The summed E-state index contributed by atoms with van der Waals surface area (Å²) in [4.78, 5) is 76.4. The number of thiophene rings is 2. The number of carbonyl (C=O) groups excluding carboxylic acids is 5. The van der Waals surface area contributed by atoms with Crippen LogP contribution in [0.4, 0.5) is 22.7 Å². The van der Waals surface area contributed by atoms with E-state index in [1.165, 1.54) is 12.8 Å². The lowest BCUT2D eigenvalue weighted by atomic mass is 10.1. The van der Waals surface area contributed by atoms with Gasteiger partial charge in [-0.05, 0) is 162 Å². The Morgan fingerprint density at radius 2 is 1.10 bits per heavy atom. The van der Waals surface area contributed by atoms with Gasteiger partial charge in [0.05, 0.1) is 21.1 Å². The van der Waals surface area contributed by atoms with E-state index in [1.807, 2.05) is 64.4 Å². The zero-order valence-corrected chi connectivity index (χ0v) is 39.7. The molecule has 5 heterocycles. The molecule has 4 aromatic carbocycles. The van der Waals surface area contributed by atoms with E-state index in [0.29, 0.717) is 76.9 Å². The molecule has 10 nitrogen and oxygen atoms in total. The Bertz CT molecular complexity index is 3070. The van der Waals surface area contributed by atoms with Gasteiger partial charge in [0.25, 0.3) is 17.7 Å². The molecule has 0 unspecified atom stereocenters. The number of benzene rings is 4. The molecule has 2 aliphatic carbocycles. The molecule has 3 N–H and O–H groups in total. The third-order valence-electron chi connectivity index (χ3n) is 12.6.